The normalized spacial score (nSPS) is 11.8. The molecular weight excluding hydrogens is 356 g/mol. The van der Waals surface area contributed by atoms with Crippen LogP contribution in [0.1, 0.15) is 5.56 Å². The van der Waals surface area contributed by atoms with Crippen LogP contribution in [0.2, 0.25) is 5.02 Å². The molecule has 9 heteroatoms. The highest BCUT2D eigenvalue weighted by Crippen LogP contribution is 2.30. The van der Waals surface area contributed by atoms with Gasteiger partial charge in [-0.1, -0.05) is 29.8 Å². The Kier molecular flexibility index (Phi) is 4.24. The predicted molar refractivity (Wildman–Crippen MR) is 87.9 cm³/mol. The number of aliphatic hydroxyl groups excluding tert-OH is 1. The summed E-state index contributed by atoms with van der Waals surface area (Å²) in [4.78, 5) is -0.180. The molecule has 3 rings (SSSR count). The molecule has 0 spiro atoms. The Balaban J connectivity index is 2.24. The number of hydrogen-bond donors (Lipinski definition) is 3. The molecule has 3 N–H and O–H groups in total. The molecule has 126 valence electrons. The summed E-state index contributed by atoms with van der Waals surface area (Å²) in [5.74, 6) is 0. The van der Waals surface area contributed by atoms with E-state index < -0.39 is 10.0 Å². The van der Waals surface area contributed by atoms with E-state index >= 15 is 0 Å². The molecule has 0 radical (unpaired) electrons. The van der Waals surface area contributed by atoms with Gasteiger partial charge in [-0.05, 0) is 24.3 Å². The lowest BCUT2D eigenvalue weighted by atomic mass is 10.2. The summed E-state index contributed by atoms with van der Waals surface area (Å²) in [7, 11) is -4.03. The molecule has 0 fully saturated rings. The van der Waals surface area contributed by atoms with E-state index in [-0.39, 0.29) is 27.4 Å². The molecule has 1 aromatic heterocycles. The van der Waals surface area contributed by atoms with Gasteiger partial charge in [0.05, 0.1) is 22.0 Å². The molecule has 0 bridgehead atoms. The quantitative estimate of drug-likeness (QED) is 0.612. The lowest BCUT2D eigenvalue weighted by Crippen LogP contribution is -2.15. The summed E-state index contributed by atoms with van der Waals surface area (Å²) in [5, 5.41) is 28.1. The molecule has 3 aromatic rings. The Labute approximate surface area is 142 Å². The predicted octanol–water partition coefficient (Wildman–Crippen LogP) is 2.61. The molecule has 2 aromatic carbocycles. The number of halogens is 1. The fourth-order valence-corrected chi connectivity index (χ4v) is 4.07. The Morgan fingerprint density at radius 2 is 1.83 bits per heavy atom. The number of fused-ring (bicyclic) bond motifs is 1. The van der Waals surface area contributed by atoms with Crippen molar-refractivity contribution >= 4 is 38.2 Å². The third-order valence-corrected chi connectivity index (χ3v) is 5.61. The number of nitrogens with zero attached hydrogens (tertiary/aromatic N) is 2. The highest BCUT2D eigenvalue weighted by molar-refractivity contribution is 7.90. The van der Waals surface area contributed by atoms with Gasteiger partial charge in [0.15, 0.2) is 0 Å². The van der Waals surface area contributed by atoms with Gasteiger partial charge >= 0.3 is 0 Å². The first-order valence-electron chi connectivity index (χ1n) is 6.79. The molecular formula is C15H13ClN2O5S. The lowest BCUT2D eigenvalue weighted by Gasteiger charge is -2.13. The minimum Gasteiger partial charge on any atom is -0.392 e. The minimum atomic E-state index is -4.03. The van der Waals surface area contributed by atoms with Crippen LogP contribution in [0.15, 0.2) is 53.6 Å². The maximum absolute atomic E-state index is 12.9. The minimum absolute atomic E-state index is 0.0210. The number of hydrogen-bond acceptors (Lipinski definition) is 6. The lowest BCUT2D eigenvalue weighted by molar-refractivity contribution is 0.0291. The summed E-state index contributed by atoms with van der Waals surface area (Å²) in [6.45, 7) is -0.310. The second-order valence-corrected chi connectivity index (χ2v) is 7.26. The van der Waals surface area contributed by atoms with Gasteiger partial charge in [0, 0.05) is 17.1 Å². The molecule has 0 amide bonds. The molecule has 0 aliphatic carbocycles. The van der Waals surface area contributed by atoms with Gasteiger partial charge in [0.2, 0.25) is 0 Å². The first-order chi connectivity index (χ1) is 11.4. The van der Waals surface area contributed by atoms with E-state index in [1.807, 2.05) is 0 Å². The van der Waals surface area contributed by atoms with Crippen LogP contribution in [0, 0.1) is 0 Å². The van der Waals surface area contributed by atoms with Crippen LogP contribution in [0.25, 0.3) is 10.9 Å². The summed E-state index contributed by atoms with van der Waals surface area (Å²) < 4.78 is 26.9. The van der Waals surface area contributed by atoms with Crippen molar-refractivity contribution in [2.45, 2.75) is 11.5 Å². The van der Waals surface area contributed by atoms with Crippen molar-refractivity contribution in [2.24, 2.45) is 0 Å². The van der Waals surface area contributed by atoms with E-state index in [1.165, 1.54) is 18.3 Å². The standard InChI is InChI=1S/C15H13ClN2O5S/c16-13-6-5-11(7-15(13)18(20)21)24(22,23)17-8-10(9-19)12-3-1-2-4-14(12)17/h1-8,19-21H,9H2. The molecule has 24 heavy (non-hydrogen) atoms. The number of para-hydroxylation sites is 1. The van der Waals surface area contributed by atoms with Crippen molar-refractivity contribution in [3.05, 3.63) is 59.2 Å². The number of aromatic nitrogens is 1. The molecule has 0 aliphatic heterocycles. The van der Waals surface area contributed by atoms with Gasteiger partial charge in [-0.25, -0.2) is 12.4 Å². The van der Waals surface area contributed by atoms with Crippen LogP contribution in [-0.4, -0.2) is 27.9 Å². The van der Waals surface area contributed by atoms with Gasteiger partial charge in [-0.15, -0.1) is 5.23 Å². The average Bonchev–Trinajstić information content (AvgIpc) is 2.94. The summed E-state index contributed by atoms with van der Waals surface area (Å²) in [5.41, 5.74) is 0.605. The molecule has 7 nitrogen and oxygen atoms in total. The zero-order valence-electron chi connectivity index (χ0n) is 12.2. The molecule has 0 saturated heterocycles. The second-order valence-electron chi connectivity index (χ2n) is 5.03. The topological polar surface area (TPSA) is 103 Å². The number of anilines is 1. The van der Waals surface area contributed by atoms with Crippen molar-refractivity contribution in [2.75, 3.05) is 5.23 Å². The van der Waals surface area contributed by atoms with Gasteiger partial charge in [0.1, 0.15) is 5.69 Å². The monoisotopic (exact) mass is 368 g/mol. The summed E-state index contributed by atoms with van der Waals surface area (Å²) in [6.07, 6.45) is 1.34. The summed E-state index contributed by atoms with van der Waals surface area (Å²) >= 11 is 5.81. The highest BCUT2D eigenvalue weighted by atomic mass is 35.5. The molecule has 0 atom stereocenters. The Morgan fingerprint density at radius 1 is 1.12 bits per heavy atom. The van der Waals surface area contributed by atoms with Gasteiger partial charge in [-0.2, -0.15) is 0 Å². The van der Waals surface area contributed by atoms with Crippen LogP contribution < -0.4 is 5.23 Å². The first kappa shape index (κ1) is 16.7. The van der Waals surface area contributed by atoms with Crippen molar-refractivity contribution in [3.8, 4) is 0 Å². The fraction of sp³-hybridized carbons (Fsp3) is 0.0667. The zero-order valence-corrected chi connectivity index (χ0v) is 13.7. The van der Waals surface area contributed by atoms with Crippen LogP contribution in [0.3, 0.4) is 0 Å². The van der Waals surface area contributed by atoms with Gasteiger partial charge in [-0.3, -0.25) is 10.4 Å². The fourth-order valence-electron chi connectivity index (χ4n) is 2.46. The van der Waals surface area contributed by atoms with E-state index in [0.717, 1.165) is 10.0 Å². The van der Waals surface area contributed by atoms with Crippen molar-refractivity contribution in [1.29, 1.82) is 0 Å². The second kappa shape index (κ2) is 6.08. The van der Waals surface area contributed by atoms with Crippen molar-refractivity contribution in [1.82, 2.24) is 3.97 Å². The van der Waals surface area contributed by atoms with E-state index in [9.17, 15) is 13.5 Å². The van der Waals surface area contributed by atoms with E-state index in [2.05, 4.69) is 0 Å². The van der Waals surface area contributed by atoms with Crippen LogP contribution in [0.4, 0.5) is 5.69 Å². The average molecular weight is 369 g/mol. The Morgan fingerprint density at radius 3 is 2.50 bits per heavy atom. The van der Waals surface area contributed by atoms with Crippen LogP contribution >= 0.6 is 11.6 Å². The Hall–Kier alpha value is -2.10. The molecule has 0 unspecified atom stereocenters. The third kappa shape index (κ3) is 2.64. The molecule has 0 saturated carbocycles. The first-order valence-corrected chi connectivity index (χ1v) is 8.61. The van der Waals surface area contributed by atoms with Crippen molar-refractivity contribution < 1.29 is 23.9 Å². The molecule has 1 heterocycles. The third-order valence-electron chi connectivity index (χ3n) is 3.62. The Bertz CT molecular complexity index is 1010. The van der Waals surface area contributed by atoms with Gasteiger partial charge < -0.3 is 5.11 Å². The van der Waals surface area contributed by atoms with E-state index in [0.29, 0.717) is 16.5 Å². The largest absolute Gasteiger partial charge is 0.392 e. The van der Waals surface area contributed by atoms with Crippen LogP contribution in [-0.2, 0) is 16.6 Å². The van der Waals surface area contributed by atoms with Crippen molar-refractivity contribution in [3.63, 3.8) is 0 Å². The number of aliphatic hydroxyl groups is 1. The van der Waals surface area contributed by atoms with E-state index in [4.69, 9.17) is 22.0 Å². The smallest absolute Gasteiger partial charge is 0.268 e. The molecule has 0 aliphatic rings. The summed E-state index contributed by atoms with van der Waals surface area (Å²) in [6, 6.07) is 10.3. The highest BCUT2D eigenvalue weighted by Gasteiger charge is 2.22. The zero-order chi connectivity index (χ0) is 17.5. The van der Waals surface area contributed by atoms with Crippen LogP contribution in [0.5, 0.6) is 0 Å². The van der Waals surface area contributed by atoms with Gasteiger partial charge in [0.25, 0.3) is 10.0 Å². The maximum Gasteiger partial charge on any atom is 0.268 e. The SMILES string of the molecule is O=S(=O)(c1ccc(Cl)c(N(O)O)c1)n1cc(CO)c2ccccc21. The maximum atomic E-state index is 12.9. The number of rotatable bonds is 4. The number of benzene rings is 2. The van der Waals surface area contributed by atoms with E-state index in [1.54, 1.807) is 24.3 Å².